The third-order valence-electron chi connectivity index (χ3n) is 5.19. The number of halogens is 1. The summed E-state index contributed by atoms with van der Waals surface area (Å²) < 4.78 is 16.9. The molecule has 1 saturated carbocycles. The highest BCUT2D eigenvalue weighted by molar-refractivity contribution is 7.88. The van der Waals surface area contributed by atoms with E-state index in [1.54, 1.807) is 20.0 Å². The number of pyridine rings is 1. The van der Waals surface area contributed by atoms with Crippen LogP contribution in [0, 0.1) is 13.8 Å². The minimum absolute atomic E-state index is 0.177. The Kier molecular flexibility index (Phi) is 6.38. The van der Waals surface area contributed by atoms with Gasteiger partial charge in [0.1, 0.15) is 16.8 Å². The number of aryl methyl sites for hydroxylation is 2. The Labute approximate surface area is 177 Å². The lowest BCUT2D eigenvalue weighted by Crippen LogP contribution is -2.31. The molecular weight excluding hydrogens is 414 g/mol. The quantitative estimate of drug-likeness (QED) is 0.506. The van der Waals surface area contributed by atoms with Crippen molar-refractivity contribution in [3.63, 3.8) is 0 Å². The van der Waals surface area contributed by atoms with Crippen LogP contribution < -0.4 is 15.6 Å². The molecule has 2 atom stereocenters. The van der Waals surface area contributed by atoms with Crippen molar-refractivity contribution in [2.24, 2.45) is 7.05 Å². The zero-order valence-electron chi connectivity index (χ0n) is 16.7. The molecule has 0 aliphatic heterocycles. The van der Waals surface area contributed by atoms with Gasteiger partial charge in [0.2, 0.25) is 0 Å². The summed E-state index contributed by atoms with van der Waals surface area (Å²) in [6, 6.07) is 7.20. The van der Waals surface area contributed by atoms with Crippen LogP contribution in [0.5, 0.6) is 0 Å². The van der Waals surface area contributed by atoms with E-state index in [0.29, 0.717) is 40.6 Å². The van der Waals surface area contributed by atoms with Gasteiger partial charge in [0.25, 0.3) is 5.56 Å². The Bertz CT molecular complexity index is 1000. The Morgan fingerprint density at radius 1 is 1.28 bits per heavy atom. The number of rotatable bonds is 8. The lowest BCUT2D eigenvalue weighted by molar-refractivity contribution is 0.0862. The number of hydrogen-bond donors (Lipinski definition) is 4. The number of hydrogen-bond acceptors (Lipinski definition) is 5. The first kappa shape index (κ1) is 21.8. The van der Waals surface area contributed by atoms with E-state index >= 15 is 0 Å². The fourth-order valence-corrected chi connectivity index (χ4v) is 4.95. The van der Waals surface area contributed by atoms with Crippen molar-refractivity contribution in [1.29, 1.82) is 0 Å². The van der Waals surface area contributed by atoms with Gasteiger partial charge in [-0.25, -0.2) is 4.21 Å². The zero-order chi connectivity index (χ0) is 21.3. The number of aliphatic hydroxyl groups excluding tert-OH is 2. The predicted octanol–water partition coefficient (Wildman–Crippen LogP) is 2.75. The number of anilines is 3. The van der Waals surface area contributed by atoms with E-state index in [9.17, 15) is 14.1 Å². The van der Waals surface area contributed by atoms with Crippen LogP contribution in [0.2, 0.25) is 5.02 Å². The van der Waals surface area contributed by atoms with E-state index in [-0.39, 0.29) is 18.6 Å². The van der Waals surface area contributed by atoms with Gasteiger partial charge in [-0.05, 0) is 56.9 Å². The molecule has 2 unspecified atom stereocenters. The molecule has 1 aliphatic carbocycles. The Balaban J connectivity index is 1.94. The van der Waals surface area contributed by atoms with Crippen molar-refractivity contribution in [1.82, 2.24) is 4.57 Å². The fraction of sp³-hybridized carbons (Fsp3) is 0.450. The molecule has 4 N–H and O–H groups in total. The van der Waals surface area contributed by atoms with E-state index in [0.717, 1.165) is 5.56 Å². The van der Waals surface area contributed by atoms with E-state index in [2.05, 4.69) is 10.0 Å². The van der Waals surface area contributed by atoms with Gasteiger partial charge in [0.05, 0.1) is 33.9 Å². The van der Waals surface area contributed by atoms with Gasteiger partial charge in [-0.15, -0.1) is 0 Å². The molecule has 1 aromatic heterocycles. The Morgan fingerprint density at radius 2 is 1.97 bits per heavy atom. The van der Waals surface area contributed by atoms with E-state index < -0.39 is 21.8 Å². The summed E-state index contributed by atoms with van der Waals surface area (Å²) in [7, 11) is 0.133. The van der Waals surface area contributed by atoms with Crippen molar-refractivity contribution >= 4 is 39.8 Å². The first-order valence-electron chi connectivity index (χ1n) is 9.38. The predicted molar refractivity (Wildman–Crippen MR) is 117 cm³/mol. The van der Waals surface area contributed by atoms with Crippen LogP contribution in [0.4, 0.5) is 17.2 Å². The molecule has 158 valence electrons. The van der Waals surface area contributed by atoms with E-state index in [1.807, 2.05) is 25.1 Å². The summed E-state index contributed by atoms with van der Waals surface area (Å²) in [5.41, 5.74) is 2.47. The Morgan fingerprint density at radius 3 is 2.55 bits per heavy atom. The number of aliphatic hydroxyl groups is 2. The molecule has 1 fully saturated rings. The number of nitrogens with zero attached hydrogens (tertiary/aromatic N) is 1. The second kappa shape index (κ2) is 8.47. The lowest BCUT2D eigenvalue weighted by Gasteiger charge is -2.22. The molecule has 9 heteroatoms. The molecule has 1 heterocycles. The molecule has 2 aromatic rings. The maximum atomic E-state index is 13.0. The maximum absolute atomic E-state index is 13.0. The molecule has 1 aromatic carbocycles. The summed E-state index contributed by atoms with van der Waals surface area (Å²) in [6.45, 7) is 3.27. The topological polar surface area (TPSA) is 104 Å². The third-order valence-corrected chi connectivity index (χ3v) is 7.27. The van der Waals surface area contributed by atoms with Crippen molar-refractivity contribution in [2.45, 2.75) is 44.0 Å². The summed E-state index contributed by atoms with van der Waals surface area (Å²) >= 11 is 6.33. The number of aromatic nitrogens is 1. The van der Waals surface area contributed by atoms with Gasteiger partial charge in [0, 0.05) is 12.6 Å². The second-order valence-electron chi connectivity index (χ2n) is 7.66. The van der Waals surface area contributed by atoms with E-state index in [1.165, 1.54) is 4.57 Å². The summed E-state index contributed by atoms with van der Waals surface area (Å²) in [4.78, 5) is 12.5. The molecule has 0 saturated heterocycles. The lowest BCUT2D eigenvalue weighted by atomic mass is 10.2. The summed E-state index contributed by atoms with van der Waals surface area (Å²) in [5.74, 6) is 0.443. The average molecular weight is 440 g/mol. The smallest absolute Gasteiger partial charge is 0.254 e. The molecule has 0 spiro atoms. The molecule has 0 bridgehead atoms. The maximum Gasteiger partial charge on any atom is 0.254 e. The van der Waals surface area contributed by atoms with Crippen LogP contribution in [0.25, 0.3) is 0 Å². The first-order valence-corrected chi connectivity index (χ1v) is 10.9. The van der Waals surface area contributed by atoms with Crippen molar-refractivity contribution in [2.75, 3.05) is 16.6 Å². The minimum Gasteiger partial charge on any atom is -0.394 e. The van der Waals surface area contributed by atoms with Crippen LogP contribution in [-0.4, -0.2) is 36.4 Å². The highest BCUT2D eigenvalue weighted by Gasteiger charge is 2.50. The number of benzene rings is 1. The van der Waals surface area contributed by atoms with Gasteiger partial charge < -0.3 is 20.3 Å². The van der Waals surface area contributed by atoms with Gasteiger partial charge in [-0.1, -0.05) is 17.7 Å². The van der Waals surface area contributed by atoms with Crippen LogP contribution in [0.15, 0.2) is 29.1 Å². The van der Waals surface area contributed by atoms with Gasteiger partial charge in [-0.2, -0.15) is 0 Å². The molecule has 1 aliphatic rings. The molecule has 29 heavy (non-hydrogen) atoms. The Hall–Kier alpha value is -1.87. The van der Waals surface area contributed by atoms with Crippen molar-refractivity contribution < 1.29 is 14.4 Å². The zero-order valence-corrected chi connectivity index (χ0v) is 18.2. The van der Waals surface area contributed by atoms with Crippen molar-refractivity contribution in [3.05, 3.63) is 50.8 Å². The van der Waals surface area contributed by atoms with Crippen LogP contribution in [0.1, 0.15) is 30.4 Å². The van der Waals surface area contributed by atoms with Gasteiger partial charge in [0.15, 0.2) is 0 Å². The summed E-state index contributed by atoms with van der Waals surface area (Å²) in [6.07, 6.45) is 0.733. The second-order valence-corrected chi connectivity index (χ2v) is 9.67. The monoisotopic (exact) mass is 439 g/mol. The highest BCUT2D eigenvalue weighted by Crippen LogP contribution is 2.46. The minimum atomic E-state index is -1.50. The number of nitrogens with one attached hydrogen (secondary N) is 2. The first-order chi connectivity index (χ1) is 13.7. The summed E-state index contributed by atoms with van der Waals surface area (Å²) in [5, 5.41) is 22.6. The van der Waals surface area contributed by atoms with Crippen LogP contribution in [0.3, 0.4) is 0 Å². The van der Waals surface area contributed by atoms with Crippen LogP contribution in [-0.2, 0) is 18.0 Å². The normalized spacial score (nSPS) is 16.9. The van der Waals surface area contributed by atoms with Crippen LogP contribution >= 0.6 is 11.6 Å². The standard InChI is InChI=1S/C20H26ClN3O4S/c1-12-4-5-16(15(21)8-12)22-18-17(9-13(2)19(27)24(18)3)23-29(28)20(6-7-20)10-14(26)11-25/h4-5,8-9,14,22-23,25-26H,6-7,10-11H2,1-3H3. The highest BCUT2D eigenvalue weighted by atomic mass is 35.5. The van der Waals surface area contributed by atoms with Gasteiger partial charge >= 0.3 is 0 Å². The average Bonchev–Trinajstić information content (AvgIpc) is 3.45. The SMILES string of the molecule is Cc1ccc(Nc2c(NS(=O)C3(CC(O)CO)CC3)cc(C)c(=O)n2C)c(Cl)c1. The third kappa shape index (κ3) is 4.66. The van der Waals surface area contributed by atoms with Crippen molar-refractivity contribution in [3.8, 4) is 0 Å². The molecule has 0 amide bonds. The van der Waals surface area contributed by atoms with E-state index in [4.69, 9.17) is 16.7 Å². The molecule has 3 rings (SSSR count). The molecule has 7 nitrogen and oxygen atoms in total. The molecular formula is C20H26ClN3O4S. The van der Waals surface area contributed by atoms with Gasteiger partial charge in [-0.3, -0.25) is 9.36 Å². The largest absolute Gasteiger partial charge is 0.394 e. The molecule has 0 radical (unpaired) electrons. The fourth-order valence-electron chi connectivity index (χ4n) is 3.28.